The number of fused-ring (bicyclic) bond motifs is 2. The Bertz CT molecular complexity index is 1120. The van der Waals surface area contributed by atoms with Crippen LogP contribution in [-0.2, 0) is 6.42 Å². The molecule has 0 fully saturated rings. The Morgan fingerprint density at radius 2 is 2.00 bits per heavy atom. The second-order valence-electron chi connectivity index (χ2n) is 6.30. The lowest BCUT2D eigenvalue weighted by molar-refractivity contribution is 0.357. The van der Waals surface area contributed by atoms with Gasteiger partial charge in [-0.05, 0) is 35.9 Å². The summed E-state index contributed by atoms with van der Waals surface area (Å²) >= 11 is 0. The molecule has 0 unspecified atom stereocenters. The lowest BCUT2D eigenvalue weighted by Gasteiger charge is -2.07. The minimum atomic E-state index is 0.760. The first-order chi connectivity index (χ1) is 12.8. The number of nitrogens with zero attached hydrogens (tertiary/aromatic N) is 3. The van der Waals surface area contributed by atoms with Gasteiger partial charge in [-0.1, -0.05) is 12.1 Å². The molecule has 128 valence electrons. The topological polar surface area (TPSA) is 48.7 Å². The summed E-state index contributed by atoms with van der Waals surface area (Å²) < 4.78 is 13.0. The molecule has 0 radical (unpaired) electrons. The molecular weight excluding hydrogens is 326 g/mol. The number of benzene rings is 2. The van der Waals surface area contributed by atoms with Crippen molar-refractivity contribution in [2.45, 2.75) is 6.42 Å². The van der Waals surface area contributed by atoms with E-state index in [1.807, 2.05) is 42.7 Å². The highest BCUT2D eigenvalue weighted by Crippen LogP contribution is 2.31. The van der Waals surface area contributed by atoms with Crippen molar-refractivity contribution in [3.05, 3.63) is 66.6 Å². The summed E-state index contributed by atoms with van der Waals surface area (Å²) in [6, 6.07) is 14.2. The summed E-state index contributed by atoms with van der Waals surface area (Å²) in [6.45, 7) is 0.760. The highest BCUT2D eigenvalue weighted by Gasteiger charge is 2.15. The molecule has 0 bridgehead atoms. The van der Waals surface area contributed by atoms with Crippen molar-refractivity contribution in [2.75, 3.05) is 13.7 Å². The van der Waals surface area contributed by atoms with Crippen molar-refractivity contribution in [1.82, 2.24) is 14.4 Å². The van der Waals surface area contributed by atoms with Crippen LogP contribution in [0.5, 0.6) is 11.5 Å². The van der Waals surface area contributed by atoms with Crippen LogP contribution in [0, 0.1) is 0 Å². The van der Waals surface area contributed by atoms with Gasteiger partial charge in [0, 0.05) is 23.7 Å². The zero-order valence-corrected chi connectivity index (χ0v) is 14.3. The van der Waals surface area contributed by atoms with Crippen LogP contribution in [0.1, 0.15) is 5.56 Å². The van der Waals surface area contributed by atoms with E-state index >= 15 is 0 Å². The molecule has 0 amide bonds. The number of imidazole rings is 1. The second-order valence-corrected chi connectivity index (χ2v) is 6.30. The van der Waals surface area contributed by atoms with Crippen molar-refractivity contribution in [2.24, 2.45) is 0 Å². The number of rotatable bonds is 3. The average molecular weight is 343 g/mol. The van der Waals surface area contributed by atoms with E-state index < -0.39 is 0 Å². The quantitative estimate of drug-likeness (QED) is 0.564. The monoisotopic (exact) mass is 343 g/mol. The normalized spacial score (nSPS) is 12.8. The third-order valence-electron chi connectivity index (χ3n) is 4.75. The van der Waals surface area contributed by atoms with Crippen molar-refractivity contribution in [1.29, 1.82) is 0 Å². The fraction of sp³-hybridized carbons (Fsp3) is 0.143. The van der Waals surface area contributed by atoms with Crippen LogP contribution in [-0.4, -0.2) is 28.1 Å². The van der Waals surface area contributed by atoms with Crippen LogP contribution >= 0.6 is 0 Å². The SMILES string of the molecule is COc1cccc(-c2cn3c(-c4ccc5c(c4)CCO5)cnc3cn2)c1. The van der Waals surface area contributed by atoms with Gasteiger partial charge in [-0.2, -0.15) is 0 Å². The zero-order chi connectivity index (χ0) is 17.5. The largest absolute Gasteiger partial charge is 0.497 e. The molecule has 0 atom stereocenters. The van der Waals surface area contributed by atoms with E-state index in [1.165, 1.54) is 5.56 Å². The van der Waals surface area contributed by atoms with Crippen molar-refractivity contribution in [3.8, 4) is 34.0 Å². The molecule has 0 spiro atoms. The average Bonchev–Trinajstić information content (AvgIpc) is 3.33. The highest BCUT2D eigenvalue weighted by atomic mass is 16.5. The molecule has 0 aliphatic carbocycles. The van der Waals surface area contributed by atoms with Gasteiger partial charge >= 0.3 is 0 Å². The molecule has 0 saturated carbocycles. The molecular formula is C21H17N3O2. The predicted molar refractivity (Wildman–Crippen MR) is 99.6 cm³/mol. The van der Waals surface area contributed by atoms with Crippen LogP contribution in [0.3, 0.4) is 0 Å². The predicted octanol–water partition coefficient (Wildman–Crippen LogP) is 4.01. The first-order valence-electron chi connectivity index (χ1n) is 8.55. The summed E-state index contributed by atoms with van der Waals surface area (Å²) in [7, 11) is 1.67. The maximum absolute atomic E-state index is 5.61. The summed E-state index contributed by atoms with van der Waals surface area (Å²) in [5, 5.41) is 0. The maximum atomic E-state index is 5.61. The summed E-state index contributed by atoms with van der Waals surface area (Å²) in [6.07, 6.45) is 6.67. The van der Waals surface area contributed by atoms with E-state index in [2.05, 4.69) is 26.5 Å². The molecule has 0 N–H and O–H groups in total. The standard InChI is InChI=1S/C21H17N3O2/c1-25-17-4-2-3-14(10-17)18-13-24-19(11-23-21(24)12-22-18)15-5-6-20-16(9-15)7-8-26-20/h2-6,9-13H,7-8H2,1H3. The van der Waals surface area contributed by atoms with Gasteiger partial charge in [0.05, 0.1) is 37.5 Å². The first kappa shape index (κ1) is 15.0. The molecule has 1 aliphatic rings. The van der Waals surface area contributed by atoms with Gasteiger partial charge in [0.2, 0.25) is 0 Å². The molecule has 5 heteroatoms. The fourth-order valence-corrected chi connectivity index (χ4v) is 3.38. The lowest BCUT2D eigenvalue weighted by atomic mass is 10.1. The van der Waals surface area contributed by atoms with E-state index in [4.69, 9.17) is 9.47 Å². The molecule has 3 heterocycles. The Labute approximate surface area is 150 Å². The lowest BCUT2D eigenvalue weighted by Crippen LogP contribution is -1.94. The second kappa shape index (κ2) is 5.88. The van der Waals surface area contributed by atoms with E-state index in [0.717, 1.165) is 52.7 Å². The molecule has 5 nitrogen and oxygen atoms in total. The van der Waals surface area contributed by atoms with Gasteiger partial charge in [0.25, 0.3) is 0 Å². The Hall–Kier alpha value is -3.34. The Morgan fingerprint density at radius 1 is 1.04 bits per heavy atom. The third kappa shape index (κ3) is 2.40. The van der Waals surface area contributed by atoms with Gasteiger partial charge in [0.15, 0.2) is 5.65 Å². The number of ether oxygens (including phenoxy) is 2. The molecule has 26 heavy (non-hydrogen) atoms. The van der Waals surface area contributed by atoms with Gasteiger partial charge in [-0.15, -0.1) is 0 Å². The molecule has 5 rings (SSSR count). The Balaban J connectivity index is 1.63. The summed E-state index contributed by atoms with van der Waals surface area (Å²) in [5.74, 6) is 1.80. The van der Waals surface area contributed by atoms with Crippen LogP contribution in [0.4, 0.5) is 0 Å². The number of hydrogen-bond donors (Lipinski definition) is 0. The fourth-order valence-electron chi connectivity index (χ4n) is 3.38. The smallest absolute Gasteiger partial charge is 0.155 e. The van der Waals surface area contributed by atoms with Gasteiger partial charge in [-0.3, -0.25) is 9.38 Å². The van der Waals surface area contributed by atoms with E-state index in [-0.39, 0.29) is 0 Å². The minimum Gasteiger partial charge on any atom is -0.497 e. The van der Waals surface area contributed by atoms with E-state index in [1.54, 1.807) is 13.3 Å². The number of methoxy groups -OCH3 is 1. The van der Waals surface area contributed by atoms with E-state index in [0.29, 0.717) is 0 Å². The zero-order valence-electron chi connectivity index (χ0n) is 14.3. The van der Waals surface area contributed by atoms with E-state index in [9.17, 15) is 0 Å². The van der Waals surface area contributed by atoms with Crippen molar-refractivity contribution >= 4 is 5.65 Å². The maximum Gasteiger partial charge on any atom is 0.155 e. The Kier molecular flexibility index (Phi) is 3.38. The molecule has 1 aliphatic heterocycles. The van der Waals surface area contributed by atoms with Crippen molar-refractivity contribution < 1.29 is 9.47 Å². The van der Waals surface area contributed by atoms with Gasteiger partial charge in [-0.25, -0.2) is 4.98 Å². The third-order valence-corrected chi connectivity index (χ3v) is 4.75. The first-order valence-corrected chi connectivity index (χ1v) is 8.55. The molecule has 2 aromatic heterocycles. The minimum absolute atomic E-state index is 0.760. The summed E-state index contributed by atoms with van der Waals surface area (Å²) in [4.78, 5) is 9.06. The van der Waals surface area contributed by atoms with Gasteiger partial charge < -0.3 is 9.47 Å². The summed E-state index contributed by atoms with van der Waals surface area (Å²) in [5.41, 5.74) is 6.13. The van der Waals surface area contributed by atoms with Crippen LogP contribution in [0.25, 0.3) is 28.2 Å². The van der Waals surface area contributed by atoms with Crippen LogP contribution in [0.15, 0.2) is 61.1 Å². The Morgan fingerprint density at radius 3 is 2.92 bits per heavy atom. The van der Waals surface area contributed by atoms with Gasteiger partial charge in [0.1, 0.15) is 11.5 Å². The van der Waals surface area contributed by atoms with Crippen LogP contribution < -0.4 is 9.47 Å². The molecule has 4 aromatic rings. The number of aromatic nitrogens is 3. The van der Waals surface area contributed by atoms with Crippen LogP contribution in [0.2, 0.25) is 0 Å². The van der Waals surface area contributed by atoms with Crippen molar-refractivity contribution in [3.63, 3.8) is 0 Å². The molecule has 0 saturated heterocycles. The number of hydrogen-bond acceptors (Lipinski definition) is 4. The highest BCUT2D eigenvalue weighted by molar-refractivity contribution is 5.68. The molecule has 2 aromatic carbocycles.